The number of carbonyl (C=O) groups is 2. The zero-order valence-corrected chi connectivity index (χ0v) is 13.4. The molecule has 0 spiro atoms. The van der Waals surface area contributed by atoms with Crippen molar-refractivity contribution in [1.29, 1.82) is 0 Å². The normalized spacial score (nSPS) is 12.6. The summed E-state index contributed by atoms with van der Waals surface area (Å²) in [5.41, 5.74) is 1.49. The molecule has 0 aromatic carbocycles. The Labute approximate surface area is 137 Å². The second-order valence-electron chi connectivity index (χ2n) is 4.95. The maximum absolute atomic E-state index is 12.2. The minimum atomic E-state index is -0.462. The number of carbonyl (C=O) groups excluding carboxylic acids is 2. The number of urea groups is 1. The summed E-state index contributed by atoms with van der Waals surface area (Å²) in [6.45, 7) is 2.06. The maximum Gasteiger partial charge on any atom is 0.341 e. The van der Waals surface area contributed by atoms with Crippen LogP contribution in [0.2, 0.25) is 0 Å². The number of hydrogen-bond donors (Lipinski definition) is 2. The number of thiophene rings is 1. The molecule has 0 unspecified atom stereocenters. The largest absolute Gasteiger partial charge is 0.462 e. The van der Waals surface area contributed by atoms with Gasteiger partial charge in [-0.1, -0.05) is 0 Å². The summed E-state index contributed by atoms with van der Waals surface area (Å²) in [7, 11) is 0. The van der Waals surface area contributed by atoms with Gasteiger partial charge in [0.05, 0.1) is 18.4 Å². The quantitative estimate of drug-likeness (QED) is 0.840. The van der Waals surface area contributed by atoms with Crippen molar-refractivity contribution in [2.45, 2.75) is 26.2 Å². The van der Waals surface area contributed by atoms with E-state index in [1.165, 1.54) is 29.9 Å². The van der Waals surface area contributed by atoms with Crippen molar-refractivity contribution in [3.8, 4) is 0 Å². The second-order valence-corrected chi connectivity index (χ2v) is 6.06. The Morgan fingerprint density at radius 3 is 2.91 bits per heavy atom. The van der Waals surface area contributed by atoms with Gasteiger partial charge in [-0.3, -0.25) is 15.6 Å². The fourth-order valence-electron chi connectivity index (χ4n) is 2.53. The van der Waals surface area contributed by atoms with E-state index in [9.17, 15) is 9.59 Å². The van der Waals surface area contributed by atoms with Gasteiger partial charge >= 0.3 is 12.0 Å². The third kappa shape index (κ3) is 3.31. The Bertz CT molecular complexity index is 730. The topological polar surface area (TPSA) is 93.2 Å². The highest BCUT2D eigenvalue weighted by molar-refractivity contribution is 7.17. The van der Waals surface area contributed by atoms with Gasteiger partial charge in [0.25, 0.3) is 0 Å². The van der Waals surface area contributed by atoms with Crippen LogP contribution in [0.5, 0.6) is 0 Å². The summed E-state index contributed by atoms with van der Waals surface area (Å²) in [6.07, 6.45) is 7.25. The summed E-state index contributed by atoms with van der Waals surface area (Å²) in [4.78, 5) is 33.3. The summed E-state index contributed by atoms with van der Waals surface area (Å²) >= 11 is 1.43. The smallest absolute Gasteiger partial charge is 0.341 e. The van der Waals surface area contributed by atoms with Crippen molar-refractivity contribution in [2.24, 2.45) is 0 Å². The molecule has 0 atom stereocenters. The van der Waals surface area contributed by atoms with Crippen molar-refractivity contribution >= 4 is 34.2 Å². The molecule has 2 amide bonds. The average Bonchev–Trinajstić information content (AvgIpc) is 3.08. The van der Waals surface area contributed by atoms with E-state index in [1.807, 2.05) is 0 Å². The Kier molecular flexibility index (Phi) is 4.52. The fourth-order valence-corrected chi connectivity index (χ4v) is 3.80. The molecule has 2 aromatic heterocycles. The molecule has 23 heavy (non-hydrogen) atoms. The molecule has 1 aliphatic carbocycles. The van der Waals surface area contributed by atoms with Crippen molar-refractivity contribution in [1.82, 2.24) is 9.97 Å². The van der Waals surface area contributed by atoms with Crippen molar-refractivity contribution < 1.29 is 14.3 Å². The molecule has 0 aliphatic heterocycles. The van der Waals surface area contributed by atoms with Gasteiger partial charge in [-0.15, -0.1) is 11.3 Å². The van der Waals surface area contributed by atoms with Gasteiger partial charge in [0.15, 0.2) is 5.82 Å². The first-order chi connectivity index (χ1) is 11.2. The van der Waals surface area contributed by atoms with Crippen LogP contribution >= 0.6 is 11.3 Å². The van der Waals surface area contributed by atoms with Gasteiger partial charge in [0.1, 0.15) is 5.00 Å². The van der Waals surface area contributed by atoms with E-state index in [4.69, 9.17) is 4.74 Å². The molecule has 0 radical (unpaired) electrons. The van der Waals surface area contributed by atoms with Gasteiger partial charge in [-0.25, -0.2) is 14.6 Å². The molecule has 120 valence electrons. The van der Waals surface area contributed by atoms with Crippen molar-refractivity contribution in [3.05, 3.63) is 34.6 Å². The lowest BCUT2D eigenvalue weighted by Gasteiger charge is -2.08. The van der Waals surface area contributed by atoms with Crippen LogP contribution in [0.1, 0.15) is 34.1 Å². The van der Waals surface area contributed by atoms with Crippen molar-refractivity contribution in [2.75, 3.05) is 17.2 Å². The second kappa shape index (κ2) is 6.74. The van der Waals surface area contributed by atoms with E-state index in [1.54, 1.807) is 6.92 Å². The van der Waals surface area contributed by atoms with Gasteiger partial charge in [-0.05, 0) is 31.7 Å². The van der Waals surface area contributed by atoms with Gasteiger partial charge in [0.2, 0.25) is 0 Å². The SMILES string of the molecule is CCOC(=O)c1c(NC(=O)Nc2cnccn2)sc2c1CCC2. The minimum absolute atomic E-state index is 0.300. The average molecular weight is 332 g/mol. The molecule has 7 nitrogen and oxygen atoms in total. The lowest BCUT2D eigenvalue weighted by Crippen LogP contribution is -2.21. The first-order valence-corrected chi connectivity index (χ1v) is 8.16. The predicted octanol–water partition coefficient (Wildman–Crippen LogP) is 2.85. The standard InChI is InChI=1S/C15H16N4O3S/c1-2-22-14(20)12-9-4-3-5-10(9)23-13(12)19-15(21)18-11-8-16-6-7-17-11/h6-8H,2-5H2,1H3,(H2,17,18,19,21). The first kappa shape index (κ1) is 15.4. The van der Waals surface area contributed by atoms with E-state index in [2.05, 4.69) is 20.6 Å². The lowest BCUT2D eigenvalue weighted by molar-refractivity contribution is 0.0527. The van der Waals surface area contributed by atoms with Crippen LogP contribution in [0.15, 0.2) is 18.6 Å². The highest BCUT2D eigenvalue weighted by atomic mass is 32.1. The molecule has 0 fully saturated rings. The third-order valence-electron chi connectivity index (χ3n) is 3.43. The maximum atomic E-state index is 12.2. The van der Waals surface area contributed by atoms with Crippen LogP contribution in [0.4, 0.5) is 15.6 Å². The van der Waals surface area contributed by atoms with Crippen LogP contribution in [0.3, 0.4) is 0 Å². The van der Waals surface area contributed by atoms with Crippen LogP contribution < -0.4 is 10.6 Å². The number of hydrogen-bond acceptors (Lipinski definition) is 6. The number of nitrogens with one attached hydrogen (secondary N) is 2. The van der Waals surface area contributed by atoms with Crippen molar-refractivity contribution in [3.63, 3.8) is 0 Å². The lowest BCUT2D eigenvalue weighted by atomic mass is 10.1. The molecule has 2 aromatic rings. The highest BCUT2D eigenvalue weighted by Gasteiger charge is 2.28. The zero-order chi connectivity index (χ0) is 16.2. The molecule has 1 aliphatic rings. The number of nitrogens with zero attached hydrogens (tertiary/aromatic N) is 2. The Balaban J connectivity index is 1.80. The summed E-state index contributed by atoms with van der Waals surface area (Å²) in [5.74, 6) is -0.0477. The molecular formula is C15H16N4O3S. The van der Waals surface area contributed by atoms with Gasteiger partial charge < -0.3 is 4.74 Å². The van der Waals surface area contributed by atoms with Crippen LogP contribution in [0.25, 0.3) is 0 Å². The summed E-state index contributed by atoms with van der Waals surface area (Å²) in [5, 5.41) is 5.83. The molecule has 2 N–H and O–H groups in total. The summed E-state index contributed by atoms with van der Waals surface area (Å²) in [6, 6.07) is -0.462. The minimum Gasteiger partial charge on any atom is -0.462 e. The number of aryl methyl sites for hydroxylation is 1. The number of rotatable bonds is 4. The number of amides is 2. The molecule has 3 rings (SSSR count). The molecule has 0 saturated heterocycles. The number of aromatic nitrogens is 2. The molecule has 8 heteroatoms. The first-order valence-electron chi connectivity index (χ1n) is 7.34. The molecule has 2 heterocycles. The monoisotopic (exact) mass is 332 g/mol. The molecule has 0 saturated carbocycles. The number of fused-ring (bicyclic) bond motifs is 1. The number of esters is 1. The zero-order valence-electron chi connectivity index (χ0n) is 12.6. The Hall–Kier alpha value is -2.48. The van der Waals surface area contributed by atoms with E-state index < -0.39 is 6.03 Å². The van der Waals surface area contributed by atoms with Crippen LogP contribution in [-0.2, 0) is 17.6 Å². The molecular weight excluding hydrogens is 316 g/mol. The fraction of sp³-hybridized carbons (Fsp3) is 0.333. The number of anilines is 2. The highest BCUT2D eigenvalue weighted by Crippen LogP contribution is 2.39. The number of ether oxygens (including phenoxy) is 1. The Morgan fingerprint density at radius 2 is 2.17 bits per heavy atom. The Morgan fingerprint density at radius 1 is 1.30 bits per heavy atom. The molecule has 0 bridgehead atoms. The van der Waals surface area contributed by atoms with Gasteiger partial charge in [-0.2, -0.15) is 0 Å². The van der Waals surface area contributed by atoms with Crippen LogP contribution in [-0.4, -0.2) is 28.6 Å². The third-order valence-corrected chi connectivity index (χ3v) is 4.64. The van der Waals surface area contributed by atoms with E-state index in [-0.39, 0.29) is 5.97 Å². The van der Waals surface area contributed by atoms with Gasteiger partial charge in [0, 0.05) is 17.3 Å². The predicted molar refractivity (Wildman–Crippen MR) is 87.0 cm³/mol. The van der Waals surface area contributed by atoms with E-state index in [0.29, 0.717) is 23.0 Å². The van der Waals surface area contributed by atoms with E-state index in [0.717, 1.165) is 29.7 Å². The van der Waals surface area contributed by atoms with E-state index >= 15 is 0 Å². The van der Waals surface area contributed by atoms with Crippen LogP contribution in [0, 0.1) is 0 Å². The summed E-state index contributed by atoms with van der Waals surface area (Å²) < 4.78 is 5.13.